The number of rotatable bonds is 6. The van der Waals surface area contributed by atoms with Gasteiger partial charge in [-0.1, -0.05) is 11.6 Å². The molecule has 0 radical (unpaired) electrons. The Morgan fingerprint density at radius 1 is 1.21 bits per heavy atom. The number of hydrogen-bond donors (Lipinski definition) is 2. The lowest BCUT2D eigenvalue weighted by atomic mass is 10.1. The minimum absolute atomic E-state index is 0. The minimum Gasteiger partial charge on any atom is -0.375 e. The Morgan fingerprint density at radius 3 is 2.66 bits per heavy atom. The van der Waals surface area contributed by atoms with Gasteiger partial charge in [0.1, 0.15) is 6.10 Å². The van der Waals surface area contributed by atoms with Crippen LogP contribution in [-0.4, -0.2) is 74.9 Å². The first kappa shape index (κ1) is 24.2. The standard InChI is InChI=1S/C20H29ClN4O3.HI/c1-2-22-20(25-11-13-28-18(14-25)17-4-3-12-27-17)24-10-9-23-19(26)15-5-7-16(21)8-6-15;/h5-8,17-18H,2-4,9-14H2,1H3,(H,22,24)(H,23,26);1H. The summed E-state index contributed by atoms with van der Waals surface area (Å²) in [4.78, 5) is 19.1. The van der Waals surface area contributed by atoms with Crippen LogP contribution in [0.5, 0.6) is 0 Å². The van der Waals surface area contributed by atoms with E-state index < -0.39 is 0 Å². The van der Waals surface area contributed by atoms with Crippen LogP contribution in [0.1, 0.15) is 30.1 Å². The molecule has 2 N–H and O–H groups in total. The smallest absolute Gasteiger partial charge is 0.251 e. The molecule has 29 heavy (non-hydrogen) atoms. The SMILES string of the molecule is CCNC(=NCCNC(=O)c1ccc(Cl)cc1)N1CCOC(C2CCCO2)C1.I. The topological polar surface area (TPSA) is 75.2 Å². The van der Waals surface area contributed by atoms with E-state index in [4.69, 9.17) is 21.1 Å². The largest absolute Gasteiger partial charge is 0.375 e. The fourth-order valence-corrected chi connectivity index (χ4v) is 3.57. The number of guanidine groups is 1. The maximum atomic E-state index is 12.2. The third kappa shape index (κ3) is 7.27. The highest BCUT2D eigenvalue weighted by Gasteiger charge is 2.32. The van der Waals surface area contributed by atoms with E-state index in [1.54, 1.807) is 24.3 Å². The first-order valence-electron chi connectivity index (χ1n) is 9.97. The molecule has 2 fully saturated rings. The molecule has 7 nitrogen and oxygen atoms in total. The van der Waals surface area contributed by atoms with Crippen molar-refractivity contribution in [2.75, 3.05) is 45.9 Å². The second kappa shape index (κ2) is 12.6. The Bertz CT molecular complexity index is 668. The number of carbonyl (C=O) groups is 1. The van der Waals surface area contributed by atoms with Crippen molar-refractivity contribution in [3.63, 3.8) is 0 Å². The Hall–Kier alpha value is -1.10. The van der Waals surface area contributed by atoms with Crippen molar-refractivity contribution in [2.45, 2.75) is 32.0 Å². The molecule has 2 unspecified atom stereocenters. The fourth-order valence-electron chi connectivity index (χ4n) is 3.45. The summed E-state index contributed by atoms with van der Waals surface area (Å²) in [5, 5.41) is 6.85. The quantitative estimate of drug-likeness (QED) is 0.253. The summed E-state index contributed by atoms with van der Waals surface area (Å²) in [5.41, 5.74) is 0.591. The van der Waals surface area contributed by atoms with Crippen molar-refractivity contribution < 1.29 is 14.3 Å². The molecule has 2 saturated heterocycles. The molecule has 1 aromatic carbocycles. The molecule has 9 heteroatoms. The average Bonchev–Trinajstić information content (AvgIpc) is 3.26. The van der Waals surface area contributed by atoms with Crippen LogP contribution in [0.4, 0.5) is 0 Å². The molecular weight excluding hydrogens is 507 g/mol. The zero-order chi connectivity index (χ0) is 19.8. The van der Waals surface area contributed by atoms with Gasteiger partial charge in [-0.2, -0.15) is 0 Å². The first-order valence-corrected chi connectivity index (χ1v) is 10.4. The first-order chi connectivity index (χ1) is 13.7. The van der Waals surface area contributed by atoms with Crippen molar-refractivity contribution in [3.8, 4) is 0 Å². The van der Waals surface area contributed by atoms with Crippen LogP contribution in [0.3, 0.4) is 0 Å². The lowest BCUT2D eigenvalue weighted by molar-refractivity contribution is -0.0817. The maximum Gasteiger partial charge on any atom is 0.251 e. The van der Waals surface area contributed by atoms with Gasteiger partial charge in [0.05, 0.1) is 19.3 Å². The van der Waals surface area contributed by atoms with Crippen LogP contribution < -0.4 is 10.6 Å². The maximum absolute atomic E-state index is 12.2. The van der Waals surface area contributed by atoms with Crippen LogP contribution >= 0.6 is 35.6 Å². The third-order valence-electron chi connectivity index (χ3n) is 4.87. The summed E-state index contributed by atoms with van der Waals surface area (Å²) in [6, 6.07) is 6.84. The molecule has 2 atom stereocenters. The molecule has 2 aliphatic heterocycles. The highest BCUT2D eigenvalue weighted by atomic mass is 127. The van der Waals surface area contributed by atoms with Gasteiger partial charge in [0, 0.05) is 43.4 Å². The fraction of sp³-hybridized carbons (Fsp3) is 0.600. The number of benzene rings is 1. The van der Waals surface area contributed by atoms with Gasteiger partial charge in [0.2, 0.25) is 0 Å². The Balaban J connectivity index is 0.00000300. The van der Waals surface area contributed by atoms with Gasteiger partial charge >= 0.3 is 0 Å². The number of amides is 1. The predicted molar refractivity (Wildman–Crippen MR) is 125 cm³/mol. The van der Waals surface area contributed by atoms with Crippen molar-refractivity contribution >= 4 is 47.4 Å². The van der Waals surface area contributed by atoms with Gasteiger partial charge in [0.15, 0.2) is 5.96 Å². The van der Waals surface area contributed by atoms with Crippen molar-refractivity contribution in [3.05, 3.63) is 34.9 Å². The number of nitrogens with one attached hydrogen (secondary N) is 2. The number of nitrogens with zero attached hydrogens (tertiary/aromatic N) is 2. The molecule has 2 heterocycles. The highest BCUT2D eigenvalue weighted by molar-refractivity contribution is 14.0. The number of halogens is 2. The summed E-state index contributed by atoms with van der Waals surface area (Å²) in [7, 11) is 0. The molecule has 3 rings (SSSR count). The molecule has 162 valence electrons. The molecule has 0 aromatic heterocycles. The van der Waals surface area contributed by atoms with Crippen LogP contribution in [0.2, 0.25) is 5.02 Å². The molecule has 2 aliphatic rings. The molecule has 0 saturated carbocycles. The van der Waals surface area contributed by atoms with Crippen LogP contribution in [0, 0.1) is 0 Å². The normalized spacial score (nSPS) is 22.1. The molecular formula is C20H30ClIN4O3. The van der Waals surface area contributed by atoms with E-state index in [1.165, 1.54) is 0 Å². The summed E-state index contributed by atoms with van der Waals surface area (Å²) < 4.78 is 11.7. The summed E-state index contributed by atoms with van der Waals surface area (Å²) in [6.07, 6.45) is 2.43. The zero-order valence-corrected chi connectivity index (χ0v) is 19.8. The van der Waals surface area contributed by atoms with Gasteiger partial charge in [-0.3, -0.25) is 9.79 Å². The van der Waals surface area contributed by atoms with E-state index in [0.717, 1.165) is 45.0 Å². The molecule has 0 bridgehead atoms. The lowest BCUT2D eigenvalue weighted by Gasteiger charge is -2.37. The van der Waals surface area contributed by atoms with Gasteiger partial charge in [0.25, 0.3) is 5.91 Å². The number of carbonyl (C=O) groups excluding carboxylic acids is 1. The number of ether oxygens (including phenoxy) is 2. The van der Waals surface area contributed by atoms with Crippen molar-refractivity contribution in [2.24, 2.45) is 4.99 Å². The zero-order valence-electron chi connectivity index (χ0n) is 16.7. The van der Waals surface area contributed by atoms with Crippen LogP contribution in [-0.2, 0) is 9.47 Å². The van der Waals surface area contributed by atoms with Crippen molar-refractivity contribution in [1.82, 2.24) is 15.5 Å². The van der Waals surface area contributed by atoms with E-state index in [9.17, 15) is 4.79 Å². The van der Waals surface area contributed by atoms with Gasteiger partial charge < -0.3 is 25.0 Å². The molecule has 1 aromatic rings. The van der Waals surface area contributed by atoms with E-state index in [-0.39, 0.29) is 42.1 Å². The molecule has 0 aliphatic carbocycles. The molecule has 0 spiro atoms. The highest BCUT2D eigenvalue weighted by Crippen LogP contribution is 2.21. The van der Waals surface area contributed by atoms with E-state index >= 15 is 0 Å². The predicted octanol–water partition coefficient (Wildman–Crippen LogP) is 2.53. The second-order valence-corrected chi connectivity index (χ2v) is 7.34. The lowest BCUT2D eigenvalue weighted by Crippen LogP contribution is -2.53. The van der Waals surface area contributed by atoms with Gasteiger partial charge in [-0.25, -0.2) is 0 Å². The third-order valence-corrected chi connectivity index (χ3v) is 5.12. The summed E-state index contributed by atoms with van der Waals surface area (Å²) >= 11 is 5.86. The van der Waals surface area contributed by atoms with E-state index in [1.807, 2.05) is 0 Å². The average molecular weight is 537 g/mol. The van der Waals surface area contributed by atoms with Crippen LogP contribution in [0.15, 0.2) is 29.3 Å². The molecule has 1 amide bonds. The monoisotopic (exact) mass is 536 g/mol. The van der Waals surface area contributed by atoms with E-state index in [0.29, 0.717) is 30.3 Å². The number of aliphatic imine (C=N–C) groups is 1. The Labute approximate surface area is 194 Å². The van der Waals surface area contributed by atoms with E-state index in [2.05, 4.69) is 27.4 Å². The van der Waals surface area contributed by atoms with Gasteiger partial charge in [-0.15, -0.1) is 24.0 Å². The summed E-state index contributed by atoms with van der Waals surface area (Å²) in [5.74, 6) is 0.733. The number of hydrogen-bond acceptors (Lipinski definition) is 4. The minimum atomic E-state index is -0.123. The second-order valence-electron chi connectivity index (χ2n) is 6.91. The van der Waals surface area contributed by atoms with Crippen molar-refractivity contribution in [1.29, 1.82) is 0 Å². The summed E-state index contributed by atoms with van der Waals surface area (Å²) in [6.45, 7) is 6.88. The van der Waals surface area contributed by atoms with Gasteiger partial charge in [-0.05, 0) is 44.0 Å². The Morgan fingerprint density at radius 2 is 1.97 bits per heavy atom. The van der Waals surface area contributed by atoms with Crippen LogP contribution in [0.25, 0.3) is 0 Å². The Kier molecular flexibility index (Phi) is 10.5. The number of morpholine rings is 1.